The Labute approximate surface area is 216 Å². The number of carbonyl (C=O) groups excluding carboxylic acids is 2. The number of morpholine rings is 1. The van der Waals surface area contributed by atoms with Crippen molar-refractivity contribution >= 4 is 31.0 Å². The van der Waals surface area contributed by atoms with Crippen LogP contribution in [0.5, 0.6) is 0 Å². The lowest BCUT2D eigenvalue weighted by Crippen LogP contribution is -2.51. The van der Waals surface area contributed by atoms with E-state index in [2.05, 4.69) is 15.5 Å². The number of amides is 2. The summed E-state index contributed by atoms with van der Waals surface area (Å²) in [5.74, 6) is 0.0976. The zero-order valence-electron chi connectivity index (χ0n) is 21.5. The summed E-state index contributed by atoms with van der Waals surface area (Å²) < 4.78 is 18.7. The number of ether oxygens (including phenoxy) is 3. The third kappa shape index (κ3) is 6.65. The molecule has 0 unspecified atom stereocenters. The van der Waals surface area contributed by atoms with E-state index in [1.165, 1.54) is 0 Å². The summed E-state index contributed by atoms with van der Waals surface area (Å²) in [5.41, 5.74) is 8.32. The van der Waals surface area contributed by atoms with Gasteiger partial charge in [0, 0.05) is 13.1 Å². The van der Waals surface area contributed by atoms with E-state index in [9.17, 15) is 9.59 Å². The Hall–Kier alpha value is -3.48. The van der Waals surface area contributed by atoms with Gasteiger partial charge in [0.25, 0.3) is 0 Å². The summed E-state index contributed by atoms with van der Waals surface area (Å²) in [6, 6.07) is 12.7. The molecule has 1 atom stereocenters. The Morgan fingerprint density at radius 3 is 2.62 bits per heavy atom. The van der Waals surface area contributed by atoms with Gasteiger partial charge in [-0.2, -0.15) is 0 Å². The number of benzene rings is 1. The Morgan fingerprint density at radius 2 is 1.89 bits per heavy atom. The smallest absolute Gasteiger partial charge is 0.410 e. The summed E-state index contributed by atoms with van der Waals surface area (Å²) >= 11 is 0. The highest BCUT2D eigenvalue weighted by Gasteiger charge is 2.29. The quantitative estimate of drug-likeness (QED) is 0.388. The third-order valence-corrected chi connectivity index (χ3v) is 6.15. The number of nitrogens with zero attached hydrogens (tertiary/aromatic N) is 4. The summed E-state index contributed by atoms with van der Waals surface area (Å²) in [6.07, 6.45) is -0.411. The van der Waals surface area contributed by atoms with Crippen LogP contribution in [0, 0.1) is 0 Å². The molecule has 3 aromatic rings. The predicted molar refractivity (Wildman–Crippen MR) is 139 cm³/mol. The van der Waals surface area contributed by atoms with Crippen LogP contribution in [0.15, 0.2) is 42.5 Å². The second kappa shape index (κ2) is 11.7. The van der Waals surface area contributed by atoms with E-state index in [-0.39, 0.29) is 19.1 Å². The van der Waals surface area contributed by atoms with Crippen LogP contribution in [0.1, 0.15) is 37.0 Å². The molecule has 2 amide bonds. The molecule has 37 heavy (non-hydrogen) atoms. The van der Waals surface area contributed by atoms with Gasteiger partial charge in [-0.1, -0.05) is 35.8 Å². The van der Waals surface area contributed by atoms with Crippen LogP contribution in [0.3, 0.4) is 0 Å². The van der Waals surface area contributed by atoms with Crippen molar-refractivity contribution in [1.82, 2.24) is 24.8 Å². The number of nitrogens with one attached hydrogen (secondary N) is 1. The van der Waals surface area contributed by atoms with Gasteiger partial charge in [0.1, 0.15) is 20.5 Å². The Morgan fingerprint density at radius 1 is 1.14 bits per heavy atom. The molecule has 3 N–H and O–H groups in total. The minimum atomic E-state index is -1.11. The monoisotopic (exact) mass is 508 g/mol. The molecule has 1 aliphatic heterocycles. The van der Waals surface area contributed by atoms with Crippen molar-refractivity contribution < 1.29 is 23.8 Å². The molecule has 4 rings (SSSR count). The number of hydrogen-bond acceptors (Lipinski definition) is 8. The molecule has 11 nitrogen and oxygen atoms in total. The van der Waals surface area contributed by atoms with E-state index in [0.717, 1.165) is 11.0 Å². The molecule has 1 aliphatic rings. The highest BCUT2D eigenvalue weighted by atomic mass is 16.6. The zero-order chi connectivity index (χ0) is 26.4. The van der Waals surface area contributed by atoms with Crippen LogP contribution >= 0.6 is 0 Å². The van der Waals surface area contributed by atoms with E-state index in [1.807, 2.05) is 44.2 Å². The van der Waals surface area contributed by atoms with Crippen molar-refractivity contribution in [1.29, 1.82) is 0 Å². The van der Waals surface area contributed by atoms with E-state index < -0.39 is 17.7 Å². The molecule has 2 aromatic heterocycles. The first kappa shape index (κ1) is 26.6. The van der Waals surface area contributed by atoms with Gasteiger partial charge in [0.2, 0.25) is 5.91 Å². The lowest BCUT2D eigenvalue weighted by Gasteiger charge is -2.26. The summed E-state index contributed by atoms with van der Waals surface area (Å²) in [6.45, 7) is 5.72. The zero-order valence-corrected chi connectivity index (χ0v) is 21.5. The lowest BCUT2D eigenvalue weighted by atomic mass is 9.91. The predicted octanol–water partition coefficient (Wildman–Crippen LogP) is 0.0679. The number of rotatable bonds is 9. The number of aromatic nitrogens is 3. The number of nitrogens with two attached hydrogens (primary N) is 1. The highest BCUT2D eigenvalue weighted by Crippen LogP contribution is 2.19. The van der Waals surface area contributed by atoms with Crippen LogP contribution < -0.4 is 16.5 Å². The first-order valence-corrected chi connectivity index (χ1v) is 12.3. The molecular formula is C25H33BN6O5. The maximum Gasteiger partial charge on any atom is 0.410 e. The lowest BCUT2D eigenvalue weighted by molar-refractivity contribution is -0.126. The van der Waals surface area contributed by atoms with Crippen LogP contribution in [-0.4, -0.2) is 77.8 Å². The summed E-state index contributed by atoms with van der Waals surface area (Å²) in [5, 5.41) is 11.6. The van der Waals surface area contributed by atoms with Crippen molar-refractivity contribution in [2.24, 2.45) is 5.73 Å². The van der Waals surface area contributed by atoms with Crippen LogP contribution in [0.4, 0.5) is 4.79 Å². The van der Waals surface area contributed by atoms with Gasteiger partial charge >= 0.3 is 6.09 Å². The fraction of sp³-hybridized carbons (Fsp3) is 0.440. The molecule has 1 fully saturated rings. The Kier molecular flexibility index (Phi) is 8.42. The fourth-order valence-corrected chi connectivity index (χ4v) is 3.93. The van der Waals surface area contributed by atoms with Gasteiger partial charge in [0.05, 0.1) is 37.7 Å². The SMILES string of the molecule is Bc1ccccc1COC[C@@H](NC(=O)C(C)(C)N)c1nnc2cccc(COC(=O)N3CCOCC3)n12. The number of fused-ring (bicyclic) bond motifs is 1. The van der Waals surface area contributed by atoms with Gasteiger partial charge in [-0.25, -0.2) is 4.79 Å². The molecule has 12 heteroatoms. The van der Waals surface area contributed by atoms with Crippen molar-refractivity contribution in [3.8, 4) is 0 Å². The third-order valence-electron chi connectivity index (χ3n) is 6.15. The number of pyridine rings is 1. The molecule has 1 saturated heterocycles. The van der Waals surface area contributed by atoms with Crippen LogP contribution in [0.2, 0.25) is 0 Å². The maximum absolute atomic E-state index is 12.8. The molecule has 196 valence electrons. The fourth-order valence-electron chi connectivity index (χ4n) is 3.93. The molecule has 3 heterocycles. The molecular weight excluding hydrogens is 475 g/mol. The first-order chi connectivity index (χ1) is 17.7. The first-order valence-electron chi connectivity index (χ1n) is 12.3. The molecule has 0 saturated carbocycles. The van der Waals surface area contributed by atoms with Gasteiger partial charge in [-0.05, 0) is 31.5 Å². The van der Waals surface area contributed by atoms with E-state index in [1.54, 1.807) is 29.2 Å². The maximum atomic E-state index is 12.8. The molecule has 0 aliphatic carbocycles. The highest BCUT2D eigenvalue weighted by molar-refractivity contribution is 6.33. The molecule has 0 bridgehead atoms. The molecule has 1 aromatic carbocycles. The minimum absolute atomic E-state index is 0.00564. The summed E-state index contributed by atoms with van der Waals surface area (Å²) in [4.78, 5) is 27.0. The topological polar surface area (TPSA) is 133 Å². The Bertz CT molecular complexity index is 1240. The molecule has 0 spiro atoms. The largest absolute Gasteiger partial charge is 0.443 e. The van der Waals surface area contributed by atoms with E-state index in [0.29, 0.717) is 50.1 Å². The van der Waals surface area contributed by atoms with Crippen molar-refractivity contribution in [2.75, 3.05) is 32.9 Å². The van der Waals surface area contributed by atoms with Gasteiger partial charge in [-0.3, -0.25) is 9.20 Å². The van der Waals surface area contributed by atoms with Crippen molar-refractivity contribution in [3.63, 3.8) is 0 Å². The van der Waals surface area contributed by atoms with Gasteiger partial charge < -0.3 is 30.2 Å². The van der Waals surface area contributed by atoms with Gasteiger partial charge in [-0.15, -0.1) is 10.2 Å². The van der Waals surface area contributed by atoms with E-state index in [4.69, 9.17) is 19.9 Å². The van der Waals surface area contributed by atoms with Crippen molar-refractivity contribution in [3.05, 3.63) is 59.5 Å². The van der Waals surface area contributed by atoms with Crippen LogP contribution in [0.25, 0.3) is 5.65 Å². The standard InChI is InChI=1S/C25H33BN6O5/c1-25(2,27)23(33)28-20(16-36-14-17-6-3-4-8-19(17)26)22-30-29-21-9-5-7-18(32(21)22)15-37-24(34)31-10-12-35-13-11-31/h3-9,20H,10-16,26-27H2,1-2H3,(H,28,33)/t20-/m1/s1. The average Bonchev–Trinajstić information content (AvgIpc) is 3.32. The van der Waals surface area contributed by atoms with Crippen LogP contribution in [-0.2, 0) is 32.2 Å². The normalized spacial score (nSPS) is 14.9. The average molecular weight is 508 g/mol. The number of carbonyl (C=O) groups is 2. The second-order valence-electron chi connectivity index (χ2n) is 9.61. The number of hydrogen-bond donors (Lipinski definition) is 2. The van der Waals surface area contributed by atoms with Crippen molar-refractivity contribution in [2.45, 2.75) is 38.6 Å². The Balaban J connectivity index is 1.56. The summed E-state index contributed by atoms with van der Waals surface area (Å²) in [7, 11) is 2.02. The molecule has 0 radical (unpaired) electrons. The minimum Gasteiger partial charge on any atom is -0.443 e. The second-order valence-corrected chi connectivity index (χ2v) is 9.61. The van der Waals surface area contributed by atoms with Gasteiger partial charge in [0.15, 0.2) is 11.5 Å². The van der Waals surface area contributed by atoms with E-state index >= 15 is 0 Å².